The van der Waals surface area contributed by atoms with Gasteiger partial charge < -0.3 is 82.3 Å². The van der Waals surface area contributed by atoms with Crippen molar-refractivity contribution in [3.63, 3.8) is 0 Å². The average Bonchev–Trinajstić information content (AvgIpc) is 3.91. The largest absolute Gasteiger partial charge is 0.508 e. The van der Waals surface area contributed by atoms with Crippen LogP contribution >= 0.6 is 0 Å². The first-order chi connectivity index (χ1) is 35.6. The van der Waals surface area contributed by atoms with Crippen molar-refractivity contribution in [2.75, 3.05) is 13.1 Å². The SMILES string of the molecule is CCCCCC=CCC=CCCCCCCCC(=O)N[C@H]1C[C@@H](O)[C@@H](O)NC(=O)[C@@H]2[C@@H](O)[C@@H](C)CN2C(=O)[C@H]([C@H](C)O)NC(=O)[C@H]([C@H](O)[C@@H](O)c2ccc(O)cc2)NC(=O)[C@@H]2C[C@@H](O)CN2C(=O)[C@H]([C@H](C)O)NC1=O. The van der Waals surface area contributed by atoms with E-state index in [1.54, 1.807) is 0 Å². The highest BCUT2D eigenvalue weighted by Gasteiger charge is 2.50. The number of aliphatic hydroxyl groups is 8. The fourth-order valence-electron chi connectivity index (χ4n) is 9.39. The van der Waals surface area contributed by atoms with E-state index in [-0.39, 0.29) is 24.3 Å². The number of nitrogens with one attached hydrogen (secondary N) is 5. The predicted octanol–water partition coefficient (Wildman–Crippen LogP) is -1.33. The summed E-state index contributed by atoms with van der Waals surface area (Å²) in [5.74, 6) is -8.97. The quantitative estimate of drug-likeness (QED) is 0.0531. The van der Waals surface area contributed by atoms with E-state index >= 15 is 0 Å². The number of aromatic hydroxyl groups is 1. The summed E-state index contributed by atoms with van der Waals surface area (Å²) >= 11 is 0. The fraction of sp³-hybridized carbons (Fsp3) is 0.673. The Labute approximate surface area is 437 Å². The third-order valence-corrected chi connectivity index (χ3v) is 13.9. The van der Waals surface area contributed by atoms with Gasteiger partial charge in [0.05, 0.1) is 24.4 Å². The molecule has 0 bridgehead atoms. The van der Waals surface area contributed by atoms with Gasteiger partial charge in [-0.1, -0.05) is 82.4 Å². The van der Waals surface area contributed by atoms with Gasteiger partial charge in [-0.15, -0.1) is 0 Å². The van der Waals surface area contributed by atoms with Crippen LogP contribution in [0.15, 0.2) is 48.6 Å². The van der Waals surface area contributed by atoms with Crippen molar-refractivity contribution in [3.8, 4) is 5.75 Å². The molecule has 0 aliphatic carbocycles. The smallest absolute Gasteiger partial charge is 0.248 e. The number of carbonyl (C=O) groups is 7. The molecule has 1 aromatic carbocycles. The van der Waals surface area contributed by atoms with Gasteiger partial charge in [-0.05, 0) is 70.1 Å². The predicted molar refractivity (Wildman–Crippen MR) is 271 cm³/mol. The molecule has 0 aromatic heterocycles. The molecule has 3 saturated heterocycles. The summed E-state index contributed by atoms with van der Waals surface area (Å²) in [7, 11) is 0. The van der Waals surface area contributed by atoms with Crippen LogP contribution in [-0.2, 0) is 33.6 Å². The van der Waals surface area contributed by atoms with Crippen LogP contribution in [0, 0.1) is 5.92 Å². The molecule has 3 fully saturated rings. The maximum absolute atomic E-state index is 14.3. The first-order valence-electron chi connectivity index (χ1n) is 26.2. The van der Waals surface area contributed by atoms with Crippen LogP contribution in [0.2, 0.25) is 0 Å². The molecule has 0 saturated carbocycles. The third-order valence-electron chi connectivity index (χ3n) is 13.9. The molecule has 23 nitrogen and oxygen atoms in total. The molecule has 0 radical (unpaired) electrons. The van der Waals surface area contributed by atoms with Crippen LogP contribution < -0.4 is 26.6 Å². The number of aliphatic hydroxyl groups excluding tert-OH is 8. The van der Waals surface area contributed by atoms with Gasteiger partial charge in [0.2, 0.25) is 41.4 Å². The second kappa shape index (κ2) is 30.3. The van der Waals surface area contributed by atoms with Crippen LogP contribution in [0.5, 0.6) is 5.75 Å². The first kappa shape index (κ1) is 62.0. The number of hydrogen-bond donors (Lipinski definition) is 14. The van der Waals surface area contributed by atoms with E-state index in [1.165, 1.54) is 38.3 Å². The molecule has 3 aliphatic heterocycles. The summed E-state index contributed by atoms with van der Waals surface area (Å²) in [6.07, 6.45) is 2.50. The molecular weight excluding hydrogens is 979 g/mol. The Morgan fingerprint density at radius 2 is 1.24 bits per heavy atom. The van der Waals surface area contributed by atoms with Crippen molar-refractivity contribution in [3.05, 3.63) is 54.1 Å². The molecule has 15 atom stereocenters. The van der Waals surface area contributed by atoms with Crippen molar-refractivity contribution in [1.82, 2.24) is 36.4 Å². The lowest BCUT2D eigenvalue weighted by molar-refractivity contribution is -0.148. The summed E-state index contributed by atoms with van der Waals surface area (Å²) in [5, 5.41) is 110. The lowest BCUT2D eigenvalue weighted by Gasteiger charge is -2.34. The zero-order chi connectivity index (χ0) is 55.5. The molecule has 4 rings (SSSR count). The molecule has 0 spiro atoms. The highest BCUT2D eigenvalue weighted by Crippen LogP contribution is 2.28. The Hall–Kier alpha value is -5.53. The van der Waals surface area contributed by atoms with Gasteiger partial charge >= 0.3 is 0 Å². The zero-order valence-corrected chi connectivity index (χ0v) is 43.4. The van der Waals surface area contributed by atoms with Crippen LogP contribution in [-0.4, -0.2) is 189 Å². The van der Waals surface area contributed by atoms with Gasteiger partial charge in [0.15, 0.2) is 6.23 Å². The van der Waals surface area contributed by atoms with E-state index < -0.39 is 152 Å². The van der Waals surface area contributed by atoms with Crippen LogP contribution in [0.3, 0.4) is 0 Å². The van der Waals surface area contributed by atoms with Crippen LogP contribution in [0.25, 0.3) is 0 Å². The molecule has 420 valence electrons. The standard InChI is InChI=1S/C52H81N7O16/c1-5-6-7-8-9-10-11-12-13-14-15-16-17-18-19-20-38(65)53-35-26-37(64)48(71)57-50(73)42-43(66)29(2)27-59(42)52(75)40(31(4)61)55-49(72)41(45(68)44(67)32-21-23-33(62)24-22-32)56-47(70)36-25-34(63)28-58(36)51(74)39(30(3)60)54-46(35)69/h9-10,12-13,21-24,29-31,34-37,39-45,48,60-64,66-68,71H,5-8,11,14-20,25-28H2,1-4H3,(H,53,65)(H,54,69)(H,55,72)(H,56,70)(H,57,73)/t29-,30-,31-,34+,35-,36-,37+,39-,40-,41-,42-,43-,44-,45-,48+/m0/s1. The highest BCUT2D eigenvalue weighted by atomic mass is 16.3. The van der Waals surface area contributed by atoms with Gasteiger partial charge in [0.25, 0.3) is 0 Å². The third kappa shape index (κ3) is 18.0. The van der Waals surface area contributed by atoms with E-state index in [1.807, 2.05) is 0 Å². The Kier molecular flexibility index (Phi) is 25.0. The number of unbranched alkanes of at least 4 members (excludes halogenated alkanes) is 8. The molecule has 0 unspecified atom stereocenters. The molecule has 7 amide bonds. The summed E-state index contributed by atoms with van der Waals surface area (Å²) < 4.78 is 0. The first-order valence-corrected chi connectivity index (χ1v) is 26.2. The summed E-state index contributed by atoms with van der Waals surface area (Å²) in [5.41, 5.74) is -0.0614. The number of rotatable bonds is 20. The van der Waals surface area contributed by atoms with E-state index in [2.05, 4.69) is 57.8 Å². The Bertz CT molecular complexity index is 2110. The summed E-state index contributed by atoms with van der Waals surface area (Å²) in [4.78, 5) is 100. The lowest BCUT2D eigenvalue weighted by atomic mass is 9.96. The van der Waals surface area contributed by atoms with Gasteiger partial charge in [-0.3, -0.25) is 33.6 Å². The van der Waals surface area contributed by atoms with E-state index in [9.17, 15) is 79.5 Å². The van der Waals surface area contributed by atoms with E-state index in [0.29, 0.717) is 12.8 Å². The number of amides is 7. The van der Waals surface area contributed by atoms with E-state index in [4.69, 9.17) is 0 Å². The van der Waals surface area contributed by atoms with Gasteiger partial charge in [0.1, 0.15) is 60.3 Å². The maximum Gasteiger partial charge on any atom is 0.248 e. The van der Waals surface area contributed by atoms with Gasteiger partial charge in [-0.25, -0.2) is 0 Å². The molecule has 23 heteroatoms. The van der Waals surface area contributed by atoms with Crippen molar-refractivity contribution in [2.24, 2.45) is 5.92 Å². The number of hydrogen-bond acceptors (Lipinski definition) is 16. The van der Waals surface area contributed by atoms with E-state index in [0.717, 1.165) is 74.3 Å². The van der Waals surface area contributed by atoms with Crippen molar-refractivity contribution < 1.29 is 79.5 Å². The normalized spacial score (nSPS) is 29.4. The number of allylic oxidation sites excluding steroid dienone is 4. The topological polar surface area (TPSA) is 368 Å². The Morgan fingerprint density at radius 3 is 1.85 bits per heavy atom. The molecule has 14 N–H and O–H groups in total. The summed E-state index contributed by atoms with van der Waals surface area (Å²) in [6.45, 7) is 4.97. The van der Waals surface area contributed by atoms with Crippen LogP contribution in [0.4, 0.5) is 0 Å². The van der Waals surface area contributed by atoms with Crippen LogP contribution in [0.1, 0.15) is 129 Å². The van der Waals surface area contributed by atoms with Crippen molar-refractivity contribution in [2.45, 2.75) is 203 Å². The van der Waals surface area contributed by atoms with Crippen molar-refractivity contribution in [1.29, 1.82) is 0 Å². The molecule has 1 aromatic rings. The second-order valence-electron chi connectivity index (χ2n) is 20.1. The van der Waals surface area contributed by atoms with Gasteiger partial charge in [0, 0.05) is 38.3 Å². The number of carbonyl (C=O) groups excluding carboxylic acids is 7. The average molecular weight is 1060 g/mol. The lowest BCUT2D eigenvalue weighted by Crippen LogP contribution is -2.64. The number of fused-ring (bicyclic) bond motifs is 2. The highest BCUT2D eigenvalue weighted by molar-refractivity contribution is 5.98. The summed E-state index contributed by atoms with van der Waals surface area (Å²) in [6, 6.07) is -6.61. The molecule has 75 heavy (non-hydrogen) atoms. The number of nitrogens with zero attached hydrogens (tertiary/aromatic N) is 2. The number of phenols is 1. The minimum absolute atomic E-state index is 0.0614. The van der Waals surface area contributed by atoms with Gasteiger partial charge in [-0.2, -0.15) is 0 Å². The zero-order valence-electron chi connectivity index (χ0n) is 43.4. The molecule has 3 aliphatic rings. The molecular formula is C52H81N7O16. The van der Waals surface area contributed by atoms with Crippen molar-refractivity contribution >= 4 is 41.4 Å². The molecule has 3 heterocycles. The number of benzene rings is 1. The maximum atomic E-state index is 14.3. The Balaban J connectivity index is 1.62. The second-order valence-corrected chi connectivity index (χ2v) is 20.1. The monoisotopic (exact) mass is 1060 g/mol. The fourth-order valence-corrected chi connectivity index (χ4v) is 9.39. The minimum atomic E-state index is -2.27. The minimum Gasteiger partial charge on any atom is -0.508 e. The Morgan fingerprint density at radius 1 is 0.680 bits per heavy atom. The number of phenolic OH excluding ortho intramolecular Hbond substituents is 1.